The van der Waals surface area contributed by atoms with E-state index in [0.717, 1.165) is 6.42 Å². The maximum atomic E-state index is 4.79. The summed E-state index contributed by atoms with van der Waals surface area (Å²) >= 11 is 16.7. The van der Waals surface area contributed by atoms with Gasteiger partial charge in [-0.3, -0.25) is 0 Å². The summed E-state index contributed by atoms with van der Waals surface area (Å²) in [6.07, 6.45) is 15.2. The third-order valence-corrected chi connectivity index (χ3v) is 5.02. The number of hydrogen-bond acceptors (Lipinski definition) is 4. The van der Waals surface area contributed by atoms with Gasteiger partial charge in [-0.05, 0) is 29.0 Å². The maximum absolute atomic E-state index is 4.79. The second kappa shape index (κ2) is 21.5. The van der Waals surface area contributed by atoms with Gasteiger partial charge in [-0.25, -0.2) is 0 Å². The summed E-state index contributed by atoms with van der Waals surface area (Å²) in [5.41, 5.74) is 0. The zero-order chi connectivity index (χ0) is 14.8. The molecule has 0 amide bonds. The summed E-state index contributed by atoms with van der Waals surface area (Å²) < 4.78 is 0.563. The van der Waals surface area contributed by atoms with Gasteiger partial charge in [-0.2, -0.15) is 0 Å². The number of unbranched alkanes of at least 4 members (excludes halogenated alkanes) is 10. The highest BCUT2D eigenvalue weighted by Gasteiger charge is 1.91. The molecule has 0 saturated carbocycles. The summed E-state index contributed by atoms with van der Waals surface area (Å²) in [5.74, 6) is 0. The van der Waals surface area contributed by atoms with E-state index in [-0.39, 0.29) is 0 Å². The van der Waals surface area contributed by atoms with Crippen molar-refractivity contribution in [2.45, 2.75) is 77.6 Å². The molecule has 0 rings (SSSR count). The second-order valence-electron chi connectivity index (χ2n) is 4.49. The fraction of sp³-hybridized carbons (Fsp3) is 0.857. The molecule has 0 unspecified atom stereocenters. The fourth-order valence-electron chi connectivity index (χ4n) is 1.72. The first-order chi connectivity index (χ1) is 9.18. The van der Waals surface area contributed by atoms with Crippen molar-refractivity contribution in [1.82, 2.24) is 0 Å². The van der Waals surface area contributed by atoms with Crippen molar-refractivity contribution in [2.24, 2.45) is 0 Å². The van der Waals surface area contributed by atoms with Crippen molar-refractivity contribution in [2.75, 3.05) is 0 Å². The van der Waals surface area contributed by atoms with Crippen LogP contribution in [0.15, 0.2) is 0 Å². The van der Waals surface area contributed by atoms with Crippen LogP contribution in [0.4, 0.5) is 0 Å². The van der Waals surface area contributed by atoms with Gasteiger partial charge in [0.25, 0.3) is 0 Å². The molecule has 0 aliphatic heterocycles. The lowest BCUT2D eigenvalue weighted by Crippen LogP contribution is -1.81. The Labute approximate surface area is 145 Å². The molecular weight excluding hydrogens is 328 g/mol. The molecule has 114 valence electrons. The normalized spacial score (nSPS) is 9.63. The summed E-state index contributed by atoms with van der Waals surface area (Å²) in [6.45, 7) is 2.27. The Bertz CT molecular complexity index is 194. The molecule has 0 bridgehead atoms. The molecule has 0 N–H and O–H groups in total. The van der Waals surface area contributed by atoms with Crippen LogP contribution in [-0.2, 0) is 0 Å². The number of rotatable bonds is 11. The van der Waals surface area contributed by atoms with E-state index in [2.05, 4.69) is 43.4 Å². The van der Waals surface area contributed by atoms with Crippen LogP contribution in [0.1, 0.15) is 77.6 Å². The van der Waals surface area contributed by atoms with Gasteiger partial charge in [0.05, 0.1) is 0 Å². The lowest BCUT2D eigenvalue weighted by Gasteiger charge is -2.00. The van der Waals surface area contributed by atoms with Crippen LogP contribution in [0, 0.1) is 0 Å². The molecule has 0 saturated heterocycles. The number of thiol groups is 2. The minimum Gasteiger partial charge on any atom is -0.124 e. The topological polar surface area (TPSA) is 0 Å². The maximum Gasteiger partial charge on any atom is 0.111 e. The summed E-state index contributed by atoms with van der Waals surface area (Å²) in [5, 5.41) is 1.87. The van der Waals surface area contributed by atoms with Gasteiger partial charge in [-0.15, -0.1) is 24.3 Å². The van der Waals surface area contributed by atoms with Gasteiger partial charge in [-0.1, -0.05) is 89.1 Å². The van der Waals surface area contributed by atoms with Crippen LogP contribution in [0.3, 0.4) is 0 Å². The first kappa shape index (κ1) is 22.5. The molecule has 19 heavy (non-hydrogen) atoms. The number of thiocarbonyl (C=S) groups is 2. The van der Waals surface area contributed by atoms with Crippen LogP contribution < -0.4 is 0 Å². The lowest BCUT2D eigenvalue weighted by atomic mass is 10.1. The monoisotopic (exact) mass is 356 g/mol. The summed E-state index contributed by atoms with van der Waals surface area (Å²) in [6, 6.07) is 0. The van der Waals surface area contributed by atoms with Crippen LogP contribution in [0.2, 0.25) is 0 Å². The van der Waals surface area contributed by atoms with Crippen LogP contribution in [0.5, 0.6) is 0 Å². The minimum atomic E-state index is 0.563. The average molecular weight is 357 g/mol. The van der Waals surface area contributed by atoms with Crippen molar-refractivity contribution in [3.8, 4) is 0 Å². The summed E-state index contributed by atoms with van der Waals surface area (Å²) in [4.78, 5) is 0. The Morgan fingerprint density at radius 1 is 0.947 bits per heavy atom. The van der Waals surface area contributed by atoms with Crippen LogP contribution in [0.25, 0.3) is 0 Å². The number of hydrogen-bond donors (Lipinski definition) is 2. The molecule has 0 spiro atoms. The predicted octanol–water partition coefficient (Wildman–Crippen LogP) is 7.08. The molecule has 0 aliphatic carbocycles. The van der Waals surface area contributed by atoms with E-state index in [1.165, 1.54) is 75.0 Å². The molecule has 0 atom stereocenters. The van der Waals surface area contributed by atoms with E-state index >= 15 is 0 Å². The molecule has 0 nitrogen and oxygen atoms in total. The highest BCUT2D eigenvalue weighted by molar-refractivity contribution is 8.81. The predicted molar refractivity (Wildman–Crippen MR) is 108 cm³/mol. The molecule has 0 heterocycles. The van der Waals surface area contributed by atoms with E-state index < -0.39 is 0 Å². The Hall–Kier alpha value is 1.23. The van der Waals surface area contributed by atoms with Crippen LogP contribution >= 0.6 is 59.5 Å². The van der Waals surface area contributed by atoms with Crippen LogP contribution in [-0.4, -0.2) is 8.90 Å². The van der Waals surface area contributed by atoms with E-state index in [1.54, 1.807) is 0 Å². The first-order valence-corrected chi connectivity index (χ1v) is 10.4. The second-order valence-corrected chi connectivity index (χ2v) is 7.69. The molecule has 0 radical (unpaired) electrons. The van der Waals surface area contributed by atoms with E-state index in [1.807, 2.05) is 5.37 Å². The standard InChI is InChI=1S/C13H26S.CH2S4/c1-2-3-4-5-6-7-8-9-10-11-12-13-14;2-1(3)5-4/h13H,2-12H2,1H3;4H,(H,2,3). The van der Waals surface area contributed by atoms with Gasteiger partial charge >= 0.3 is 0 Å². The van der Waals surface area contributed by atoms with Gasteiger partial charge in [0.1, 0.15) is 3.53 Å². The van der Waals surface area contributed by atoms with Gasteiger partial charge in [0, 0.05) is 0 Å². The molecule has 0 aromatic heterocycles. The summed E-state index contributed by atoms with van der Waals surface area (Å²) in [7, 11) is 1.17. The smallest absolute Gasteiger partial charge is 0.111 e. The quantitative estimate of drug-likeness (QED) is 0.176. The van der Waals surface area contributed by atoms with E-state index in [9.17, 15) is 0 Å². The van der Waals surface area contributed by atoms with Crippen molar-refractivity contribution in [1.29, 1.82) is 0 Å². The largest absolute Gasteiger partial charge is 0.124 e. The molecule has 0 fully saturated rings. The Morgan fingerprint density at radius 2 is 1.32 bits per heavy atom. The average Bonchev–Trinajstić information content (AvgIpc) is 2.41. The SMILES string of the molecule is CCCCCCCCCCCCC=S.S=C(S)SS. The zero-order valence-electron chi connectivity index (χ0n) is 12.0. The fourth-order valence-corrected chi connectivity index (χ4v) is 1.88. The highest BCUT2D eigenvalue weighted by atomic mass is 33.1. The van der Waals surface area contributed by atoms with Gasteiger partial charge in [0.15, 0.2) is 0 Å². The van der Waals surface area contributed by atoms with Crippen molar-refractivity contribution >= 4 is 68.4 Å². The van der Waals surface area contributed by atoms with Crippen molar-refractivity contribution < 1.29 is 0 Å². The third-order valence-electron chi connectivity index (χ3n) is 2.75. The Kier molecular flexibility index (Phi) is 25.5. The molecule has 0 aromatic carbocycles. The molecule has 0 aliphatic rings. The Morgan fingerprint density at radius 3 is 1.63 bits per heavy atom. The van der Waals surface area contributed by atoms with Crippen molar-refractivity contribution in [3.63, 3.8) is 0 Å². The van der Waals surface area contributed by atoms with E-state index in [4.69, 9.17) is 12.2 Å². The van der Waals surface area contributed by atoms with Gasteiger partial charge < -0.3 is 0 Å². The lowest BCUT2D eigenvalue weighted by molar-refractivity contribution is 0.560. The van der Waals surface area contributed by atoms with E-state index in [0.29, 0.717) is 3.53 Å². The molecule has 5 heteroatoms. The van der Waals surface area contributed by atoms with Crippen molar-refractivity contribution in [3.05, 3.63) is 0 Å². The minimum absolute atomic E-state index is 0.563. The Balaban J connectivity index is 0. The molecule has 0 aromatic rings. The van der Waals surface area contributed by atoms with Gasteiger partial charge in [0.2, 0.25) is 0 Å². The first-order valence-electron chi connectivity index (χ1n) is 7.17. The molecular formula is C14H28S5. The highest BCUT2D eigenvalue weighted by Crippen LogP contribution is 2.11. The zero-order valence-corrected chi connectivity index (χ0v) is 16.2. The third kappa shape index (κ3) is 28.2.